The Labute approximate surface area is 156 Å². The van der Waals surface area contributed by atoms with Crippen LogP contribution in [0.3, 0.4) is 0 Å². The smallest absolute Gasteiger partial charge is 0.235 e. The van der Waals surface area contributed by atoms with E-state index >= 15 is 0 Å². The number of benzene rings is 1. The lowest BCUT2D eigenvalue weighted by atomic mass is 9.90. The summed E-state index contributed by atoms with van der Waals surface area (Å²) in [5, 5.41) is 12.3. The Hall–Kier alpha value is -2.26. The van der Waals surface area contributed by atoms with Gasteiger partial charge in [0.1, 0.15) is 17.0 Å². The third kappa shape index (κ3) is 4.28. The highest BCUT2D eigenvalue weighted by Gasteiger charge is 2.33. The van der Waals surface area contributed by atoms with E-state index in [-0.39, 0.29) is 24.4 Å². The number of amides is 1. The van der Waals surface area contributed by atoms with Crippen LogP contribution in [0.1, 0.15) is 45.2 Å². The molecule has 1 aliphatic rings. The molecule has 0 aliphatic carbocycles. The van der Waals surface area contributed by atoms with Crippen LogP contribution in [0.4, 0.5) is 0 Å². The van der Waals surface area contributed by atoms with E-state index in [4.69, 9.17) is 9.47 Å². The summed E-state index contributed by atoms with van der Waals surface area (Å²) in [7, 11) is 3.27. The highest BCUT2D eigenvalue weighted by atomic mass is 16.5. The molecule has 2 unspecified atom stereocenters. The summed E-state index contributed by atoms with van der Waals surface area (Å²) in [5.41, 5.74) is 0.204. The number of nitriles is 1. The first-order valence-corrected chi connectivity index (χ1v) is 9.03. The molecule has 6 heteroatoms. The van der Waals surface area contributed by atoms with Gasteiger partial charge in [-0.2, -0.15) is 5.26 Å². The number of likely N-dealkylation sites (tertiary alicyclic amines) is 1. The third-order valence-corrected chi connectivity index (χ3v) is 5.30. The van der Waals surface area contributed by atoms with Crippen molar-refractivity contribution in [1.82, 2.24) is 10.2 Å². The molecule has 26 heavy (non-hydrogen) atoms. The lowest BCUT2D eigenvalue weighted by molar-refractivity contribution is -0.124. The second kappa shape index (κ2) is 8.41. The van der Waals surface area contributed by atoms with Gasteiger partial charge in [-0.3, -0.25) is 9.69 Å². The second-order valence-corrected chi connectivity index (χ2v) is 7.25. The average molecular weight is 359 g/mol. The van der Waals surface area contributed by atoms with Crippen molar-refractivity contribution in [3.05, 3.63) is 23.8 Å². The molecule has 2 rings (SSSR count). The first-order chi connectivity index (χ1) is 12.3. The largest absolute Gasteiger partial charge is 0.497 e. The molecular weight excluding hydrogens is 330 g/mol. The van der Waals surface area contributed by atoms with Crippen molar-refractivity contribution in [2.24, 2.45) is 5.92 Å². The number of nitrogens with one attached hydrogen (secondary N) is 1. The fraction of sp³-hybridized carbons (Fsp3) is 0.600. The van der Waals surface area contributed by atoms with Gasteiger partial charge in [0, 0.05) is 17.7 Å². The van der Waals surface area contributed by atoms with Crippen LogP contribution >= 0.6 is 0 Å². The van der Waals surface area contributed by atoms with Gasteiger partial charge < -0.3 is 14.8 Å². The van der Waals surface area contributed by atoms with Gasteiger partial charge in [-0.05, 0) is 38.3 Å². The molecule has 0 saturated carbocycles. The molecular formula is C20H29N3O3. The monoisotopic (exact) mass is 359 g/mol. The van der Waals surface area contributed by atoms with Crippen molar-refractivity contribution in [3.63, 3.8) is 0 Å². The van der Waals surface area contributed by atoms with Gasteiger partial charge in [-0.15, -0.1) is 0 Å². The van der Waals surface area contributed by atoms with Crippen molar-refractivity contribution >= 4 is 5.91 Å². The minimum Gasteiger partial charge on any atom is -0.497 e. The lowest BCUT2D eigenvalue weighted by Gasteiger charge is -2.30. The first kappa shape index (κ1) is 20.1. The van der Waals surface area contributed by atoms with E-state index in [9.17, 15) is 10.1 Å². The molecule has 1 amide bonds. The molecule has 1 saturated heterocycles. The van der Waals surface area contributed by atoms with Gasteiger partial charge in [0.2, 0.25) is 5.91 Å². The molecule has 0 radical (unpaired) electrons. The summed E-state index contributed by atoms with van der Waals surface area (Å²) in [6.45, 7) is 6.75. The standard InChI is InChI=1S/C20H29N3O3/c1-14(2)20(3,13-21)22-19(24)12-23-10-6-7-17(23)16-9-8-15(25-4)11-18(16)26-5/h8-9,11,14,17H,6-7,10,12H2,1-5H3,(H,22,24). The van der Waals surface area contributed by atoms with Gasteiger partial charge >= 0.3 is 0 Å². The maximum absolute atomic E-state index is 12.6. The fourth-order valence-electron chi connectivity index (χ4n) is 3.28. The van der Waals surface area contributed by atoms with Crippen LogP contribution in [-0.2, 0) is 4.79 Å². The van der Waals surface area contributed by atoms with E-state index in [1.54, 1.807) is 21.1 Å². The van der Waals surface area contributed by atoms with Crippen LogP contribution in [0.2, 0.25) is 0 Å². The number of carbonyl (C=O) groups is 1. The number of hydrogen-bond donors (Lipinski definition) is 1. The zero-order valence-corrected chi connectivity index (χ0v) is 16.3. The minimum atomic E-state index is -0.857. The quantitative estimate of drug-likeness (QED) is 0.810. The molecule has 0 aromatic heterocycles. The minimum absolute atomic E-state index is 0.0347. The summed E-state index contributed by atoms with van der Waals surface area (Å²) in [5.74, 6) is 1.43. The molecule has 1 fully saturated rings. The maximum atomic E-state index is 12.6. The maximum Gasteiger partial charge on any atom is 0.235 e. The van der Waals surface area contributed by atoms with Crippen molar-refractivity contribution in [2.75, 3.05) is 27.3 Å². The Bertz CT molecular complexity index is 683. The van der Waals surface area contributed by atoms with Gasteiger partial charge in [0.05, 0.1) is 26.8 Å². The topological polar surface area (TPSA) is 74.6 Å². The Morgan fingerprint density at radius 1 is 1.42 bits per heavy atom. The lowest BCUT2D eigenvalue weighted by Crippen LogP contribution is -2.51. The van der Waals surface area contributed by atoms with Crippen LogP contribution in [-0.4, -0.2) is 43.7 Å². The van der Waals surface area contributed by atoms with E-state index in [0.29, 0.717) is 0 Å². The number of hydrogen-bond acceptors (Lipinski definition) is 5. The van der Waals surface area contributed by atoms with Crippen molar-refractivity contribution in [3.8, 4) is 17.6 Å². The van der Waals surface area contributed by atoms with Gasteiger partial charge in [0.25, 0.3) is 0 Å². The number of carbonyl (C=O) groups excluding carboxylic acids is 1. The summed E-state index contributed by atoms with van der Waals surface area (Å²) in [6, 6.07) is 8.14. The van der Waals surface area contributed by atoms with Crippen molar-refractivity contribution in [2.45, 2.75) is 45.2 Å². The Morgan fingerprint density at radius 3 is 2.73 bits per heavy atom. The number of rotatable bonds is 7. The average Bonchev–Trinajstić information content (AvgIpc) is 3.08. The van der Waals surface area contributed by atoms with Crippen LogP contribution in [0.5, 0.6) is 11.5 Å². The first-order valence-electron chi connectivity index (χ1n) is 9.03. The van der Waals surface area contributed by atoms with E-state index < -0.39 is 5.54 Å². The van der Waals surface area contributed by atoms with Crippen LogP contribution in [0, 0.1) is 17.2 Å². The highest BCUT2D eigenvalue weighted by molar-refractivity contribution is 5.79. The second-order valence-electron chi connectivity index (χ2n) is 7.25. The predicted octanol–water partition coefficient (Wildman–Crippen LogP) is 2.90. The Morgan fingerprint density at radius 2 is 2.15 bits per heavy atom. The molecule has 2 atom stereocenters. The van der Waals surface area contributed by atoms with Gasteiger partial charge in [-0.1, -0.05) is 19.9 Å². The SMILES string of the molecule is COc1ccc(C2CCCN2CC(=O)NC(C)(C#N)C(C)C)c(OC)c1. The summed E-state index contributed by atoms with van der Waals surface area (Å²) < 4.78 is 10.8. The van der Waals surface area contributed by atoms with E-state index in [1.807, 2.05) is 32.0 Å². The molecule has 0 bridgehead atoms. The summed E-state index contributed by atoms with van der Waals surface area (Å²) in [6.07, 6.45) is 1.99. The van der Waals surface area contributed by atoms with Crippen LogP contribution in [0.25, 0.3) is 0 Å². The third-order valence-electron chi connectivity index (χ3n) is 5.30. The van der Waals surface area contributed by atoms with Crippen LogP contribution < -0.4 is 14.8 Å². The molecule has 1 aromatic rings. The van der Waals surface area contributed by atoms with Crippen molar-refractivity contribution in [1.29, 1.82) is 5.26 Å². The molecule has 1 aliphatic heterocycles. The Balaban J connectivity index is 2.14. The number of nitrogens with zero attached hydrogens (tertiary/aromatic N) is 2. The molecule has 1 heterocycles. The van der Waals surface area contributed by atoms with Gasteiger partial charge in [0.15, 0.2) is 0 Å². The van der Waals surface area contributed by atoms with E-state index in [0.717, 1.165) is 36.4 Å². The molecule has 1 aromatic carbocycles. The number of methoxy groups -OCH3 is 2. The summed E-state index contributed by atoms with van der Waals surface area (Å²) >= 11 is 0. The van der Waals surface area contributed by atoms with Gasteiger partial charge in [-0.25, -0.2) is 0 Å². The molecule has 142 valence electrons. The highest BCUT2D eigenvalue weighted by Crippen LogP contribution is 2.38. The molecule has 1 N–H and O–H groups in total. The zero-order valence-electron chi connectivity index (χ0n) is 16.3. The van der Waals surface area contributed by atoms with Crippen molar-refractivity contribution < 1.29 is 14.3 Å². The fourth-order valence-corrected chi connectivity index (χ4v) is 3.28. The zero-order chi connectivity index (χ0) is 19.3. The van der Waals surface area contributed by atoms with E-state index in [1.165, 1.54) is 0 Å². The molecule has 6 nitrogen and oxygen atoms in total. The normalized spacial score (nSPS) is 19.7. The Kier molecular flexibility index (Phi) is 6.49. The summed E-state index contributed by atoms with van der Waals surface area (Å²) in [4.78, 5) is 14.7. The number of ether oxygens (including phenoxy) is 2. The van der Waals surface area contributed by atoms with E-state index in [2.05, 4.69) is 16.3 Å². The predicted molar refractivity (Wildman–Crippen MR) is 100 cm³/mol. The van der Waals surface area contributed by atoms with Crippen LogP contribution in [0.15, 0.2) is 18.2 Å². The molecule has 0 spiro atoms.